The molecule has 0 saturated carbocycles. The van der Waals surface area contributed by atoms with Crippen LogP contribution in [0.25, 0.3) is 0 Å². The van der Waals surface area contributed by atoms with Gasteiger partial charge in [0.15, 0.2) is 18.1 Å². The fourth-order valence-electron chi connectivity index (χ4n) is 3.18. The first-order valence-corrected chi connectivity index (χ1v) is 10.0. The van der Waals surface area contributed by atoms with Gasteiger partial charge in [0, 0.05) is 24.2 Å². The number of amides is 2. The lowest BCUT2D eigenvalue weighted by molar-refractivity contribution is -0.134. The number of methoxy groups -OCH3 is 1. The van der Waals surface area contributed by atoms with Gasteiger partial charge in [-0.15, -0.1) is 0 Å². The number of nitrogens with zero attached hydrogens (tertiary/aromatic N) is 1. The smallest absolute Gasteiger partial charge is 0.260 e. The van der Waals surface area contributed by atoms with Crippen molar-refractivity contribution in [1.82, 2.24) is 10.2 Å². The highest BCUT2D eigenvalue weighted by molar-refractivity contribution is 6.35. The standard InChI is InChI=1S/C21H22Cl2N2O4/c1-28-18-4-2-3-5-19(18)29-13-20(26)25-10-8-15(9-11-25)24-21(27)16-12-14(22)6-7-17(16)23/h2-7,12,15H,8-11,13H2,1H3,(H,24,27). The Kier molecular flexibility index (Phi) is 7.23. The SMILES string of the molecule is COc1ccccc1OCC(=O)N1CCC(NC(=O)c2cc(Cl)ccc2Cl)CC1. The van der Waals surface area contributed by atoms with Gasteiger partial charge >= 0.3 is 0 Å². The van der Waals surface area contributed by atoms with Crippen molar-refractivity contribution in [2.24, 2.45) is 0 Å². The van der Waals surface area contributed by atoms with E-state index in [9.17, 15) is 9.59 Å². The molecule has 1 fully saturated rings. The highest BCUT2D eigenvalue weighted by atomic mass is 35.5. The summed E-state index contributed by atoms with van der Waals surface area (Å²) in [5.74, 6) is 0.755. The minimum absolute atomic E-state index is 0.0308. The Morgan fingerprint density at radius 3 is 2.48 bits per heavy atom. The van der Waals surface area contributed by atoms with E-state index in [1.54, 1.807) is 42.3 Å². The average molecular weight is 437 g/mol. The number of carbonyl (C=O) groups is 2. The van der Waals surface area contributed by atoms with Crippen molar-refractivity contribution in [3.63, 3.8) is 0 Å². The van der Waals surface area contributed by atoms with Gasteiger partial charge in [0.2, 0.25) is 0 Å². The third-order valence-corrected chi connectivity index (χ3v) is 5.34. The number of rotatable bonds is 6. The number of hydrogen-bond donors (Lipinski definition) is 1. The lowest BCUT2D eigenvalue weighted by Crippen LogP contribution is -2.47. The highest BCUT2D eigenvalue weighted by Crippen LogP contribution is 2.26. The number of carbonyl (C=O) groups excluding carboxylic acids is 2. The molecule has 3 rings (SSSR count). The van der Waals surface area contributed by atoms with Crippen molar-refractivity contribution >= 4 is 35.0 Å². The minimum Gasteiger partial charge on any atom is -0.493 e. The predicted octanol–water partition coefficient (Wildman–Crippen LogP) is 3.80. The van der Waals surface area contributed by atoms with E-state index < -0.39 is 0 Å². The molecule has 154 valence electrons. The maximum atomic E-state index is 12.5. The summed E-state index contributed by atoms with van der Waals surface area (Å²) in [5, 5.41) is 3.78. The maximum absolute atomic E-state index is 12.5. The molecule has 29 heavy (non-hydrogen) atoms. The number of halogens is 2. The van der Waals surface area contributed by atoms with Gasteiger partial charge in [-0.1, -0.05) is 35.3 Å². The van der Waals surface area contributed by atoms with E-state index in [4.69, 9.17) is 32.7 Å². The van der Waals surface area contributed by atoms with Crippen LogP contribution in [0.15, 0.2) is 42.5 Å². The van der Waals surface area contributed by atoms with Crippen LogP contribution in [0.1, 0.15) is 23.2 Å². The largest absolute Gasteiger partial charge is 0.493 e. The van der Waals surface area contributed by atoms with Crippen LogP contribution < -0.4 is 14.8 Å². The van der Waals surface area contributed by atoms with Gasteiger partial charge in [-0.05, 0) is 43.2 Å². The molecule has 2 aromatic rings. The first-order chi connectivity index (χ1) is 14.0. The molecule has 0 aromatic heterocycles. The molecule has 2 aromatic carbocycles. The van der Waals surface area contributed by atoms with E-state index in [1.807, 2.05) is 12.1 Å². The van der Waals surface area contributed by atoms with Crippen molar-refractivity contribution in [1.29, 1.82) is 0 Å². The number of hydrogen-bond acceptors (Lipinski definition) is 4. The van der Waals surface area contributed by atoms with Crippen molar-refractivity contribution in [2.75, 3.05) is 26.8 Å². The molecule has 1 aliphatic heterocycles. The second kappa shape index (κ2) is 9.85. The number of piperidine rings is 1. The molecule has 1 heterocycles. The van der Waals surface area contributed by atoms with Gasteiger partial charge in [-0.3, -0.25) is 9.59 Å². The zero-order chi connectivity index (χ0) is 20.8. The fourth-order valence-corrected chi connectivity index (χ4v) is 3.55. The second-order valence-corrected chi connectivity index (χ2v) is 7.54. The molecule has 1 N–H and O–H groups in total. The molecule has 0 unspecified atom stereocenters. The molecule has 1 saturated heterocycles. The lowest BCUT2D eigenvalue weighted by Gasteiger charge is -2.32. The van der Waals surface area contributed by atoms with Crippen LogP contribution in [-0.2, 0) is 4.79 Å². The first-order valence-electron chi connectivity index (χ1n) is 9.27. The van der Waals surface area contributed by atoms with Gasteiger partial charge in [0.25, 0.3) is 11.8 Å². The Balaban J connectivity index is 1.48. The van der Waals surface area contributed by atoms with E-state index in [0.717, 1.165) is 0 Å². The molecule has 1 aliphatic rings. The van der Waals surface area contributed by atoms with Gasteiger partial charge < -0.3 is 19.7 Å². The van der Waals surface area contributed by atoms with E-state index in [2.05, 4.69) is 5.32 Å². The molecule has 0 radical (unpaired) electrons. The van der Waals surface area contributed by atoms with Crippen LogP contribution in [0.5, 0.6) is 11.5 Å². The molecule has 8 heteroatoms. The predicted molar refractivity (Wildman–Crippen MR) is 112 cm³/mol. The molecule has 0 spiro atoms. The lowest BCUT2D eigenvalue weighted by atomic mass is 10.0. The molecular weight excluding hydrogens is 415 g/mol. The Morgan fingerprint density at radius 1 is 1.10 bits per heavy atom. The van der Waals surface area contributed by atoms with Gasteiger partial charge in [0.05, 0.1) is 17.7 Å². The summed E-state index contributed by atoms with van der Waals surface area (Å²) in [6, 6.07) is 11.9. The average Bonchev–Trinajstić information content (AvgIpc) is 2.74. The Bertz CT molecular complexity index is 883. The van der Waals surface area contributed by atoms with Gasteiger partial charge in [0.1, 0.15) is 0 Å². The van der Waals surface area contributed by atoms with Crippen molar-refractivity contribution < 1.29 is 19.1 Å². The Morgan fingerprint density at radius 2 is 1.79 bits per heavy atom. The summed E-state index contributed by atoms with van der Waals surface area (Å²) >= 11 is 12.0. The van der Waals surface area contributed by atoms with Crippen LogP contribution in [0.4, 0.5) is 0 Å². The Labute approximate surface area is 179 Å². The van der Waals surface area contributed by atoms with E-state index in [1.165, 1.54) is 0 Å². The molecule has 0 bridgehead atoms. The quantitative estimate of drug-likeness (QED) is 0.747. The number of ether oxygens (including phenoxy) is 2. The third-order valence-electron chi connectivity index (χ3n) is 4.78. The van der Waals surface area contributed by atoms with E-state index >= 15 is 0 Å². The van der Waals surface area contributed by atoms with Crippen molar-refractivity contribution in [3.05, 3.63) is 58.1 Å². The number of para-hydroxylation sites is 2. The molecule has 0 atom stereocenters. The van der Waals surface area contributed by atoms with E-state index in [0.29, 0.717) is 53.0 Å². The Hall–Kier alpha value is -2.44. The molecule has 0 aliphatic carbocycles. The van der Waals surface area contributed by atoms with Gasteiger partial charge in [-0.2, -0.15) is 0 Å². The van der Waals surface area contributed by atoms with Crippen LogP contribution in [0, 0.1) is 0 Å². The maximum Gasteiger partial charge on any atom is 0.260 e. The number of benzene rings is 2. The number of nitrogens with one attached hydrogen (secondary N) is 1. The topological polar surface area (TPSA) is 67.9 Å². The van der Waals surface area contributed by atoms with Crippen molar-refractivity contribution in [2.45, 2.75) is 18.9 Å². The zero-order valence-corrected chi connectivity index (χ0v) is 17.5. The summed E-state index contributed by atoms with van der Waals surface area (Å²) in [7, 11) is 1.56. The fraction of sp³-hybridized carbons (Fsp3) is 0.333. The highest BCUT2D eigenvalue weighted by Gasteiger charge is 2.25. The monoisotopic (exact) mass is 436 g/mol. The summed E-state index contributed by atoms with van der Waals surface area (Å²) in [6.45, 7) is 1.03. The number of likely N-dealkylation sites (tertiary alicyclic amines) is 1. The van der Waals surface area contributed by atoms with Crippen LogP contribution in [0.2, 0.25) is 10.0 Å². The third kappa shape index (κ3) is 5.55. The zero-order valence-electron chi connectivity index (χ0n) is 16.0. The molecule has 6 nitrogen and oxygen atoms in total. The van der Waals surface area contributed by atoms with Crippen LogP contribution in [0.3, 0.4) is 0 Å². The second-order valence-electron chi connectivity index (χ2n) is 6.69. The molecular formula is C21H22Cl2N2O4. The van der Waals surface area contributed by atoms with Crippen molar-refractivity contribution in [3.8, 4) is 11.5 Å². The summed E-state index contributed by atoms with van der Waals surface area (Å²) < 4.78 is 10.8. The minimum atomic E-state index is -0.262. The summed E-state index contributed by atoms with van der Waals surface area (Å²) in [5.41, 5.74) is 0.350. The van der Waals surface area contributed by atoms with Gasteiger partial charge in [-0.25, -0.2) is 0 Å². The van der Waals surface area contributed by atoms with E-state index in [-0.39, 0.29) is 24.5 Å². The van der Waals surface area contributed by atoms with Crippen LogP contribution in [-0.4, -0.2) is 49.6 Å². The summed E-state index contributed by atoms with van der Waals surface area (Å²) in [4.78, 5) is 26.6. The normalized spacial score (nSPS) is 14.4. The molecule has 2 amide bonds. The van der Waals surface area contributed by atoms with Crippen LogP contribution >= 0.6 is 23.2 Å². The summed E-state index contributed by atoms with van der Waals surface area (Å²) in [6.07, 6.45) is 1.31. The first kappa shape index (κ1) is 21.3.